The number of hydrogen-bond donors (Lipinski definition) is 2. The van der Waals surface area contributed by atoms with Gasteiger partial charge < -0.3 is 15.3 Å². The fourth-order valence-electron chi connectivity index (χ4n) is 2.86. The van der Waals surface area contributed by atoms with Gasteiger partial charge in [0.1, 0.15) is 0 Å². The number of hydrogen-bond acceptors (Lipinski definition) is 3. The second-order valence-electron chi connectivity index (χ2n) is 6.49. The number of carbonyl (C=O) groups is 1. The lowest BCUT2D eigenvalue weighted by molar-refractivity contribution is -0.134. The lowest BCUT2D eigenvalue weighted by Gasteiger charge is -2.22. The molecule has 0 spiro atoms. The predicted octanol–water partition coefficient (Wildman–Crippen LogP) is 6.49. The number of carboxylic acid groups (broad SMARTS) is 1. The van der Waals surface area contributed by atoms with Crippen LogP contribution in [0.2, 0.25) is 10.0 Å². The number of anilines is 2. The number of carboxylic acids is 1. The monoisotopic (exact) mass is 424 g/mol. The summed E-state index contributed by atoms with van der Waals surface area (Å²) < 4.78 is 0. The number of nitrogens with one attached hydrogen (secondary N) is 1. The summed E-state index contributed by atoms with van der Waals surface area (Å²) in [4.78, 5) is 11.5. The van der Waals surface area contributed by atoms with E-state index in [0.717, 1.165) is 44.4 Å². The first kappa shape index (κ1) is 24.3. The van der Waals surface area contributed by atoms with E-state index < -0.39 is 5.97 Å². The van der Waals surface area contributed by atoms with Gasteiger partial charge in [0.15, 0.2) is 0 Å². The maximum atomic E-state index is 9.00. The van der Waals surface area contributed by atoms with E-state index >= 15 is 0 Å². The minimum Gasteiger partial charge on any atom is -0.481 e. The van der Waals surface area contributed by atoms with Gasteiger partial charge in [0.25, 0.3) is 5.97 Å². The Morgan fingerprint density at radius 3 is 2.04 bits per heavy atom. The smallest absolute Gasteiger partial charge is 0.300 e. The van der Waals surface area contributed by atoms with Gasteiger partial charge in [-0.05, 0) is 56.1 Å². The van der Waals surface area contributed by atoms with Crippen LogP contribution in [0.1, 0.15) is 39.2 Å². The molecule has 0 bridgehead atoms. The standard InChI is InChI=1S/C20H26Cl2N2.C2H4O2/c1-3-13-24(14-4-2)15-12-16-8-5-6-11-19(16)23-20-17(21)9-7-10-18(20)22;1-2(3)4/h5-11,23H,3-4,12-15H2,1-2H3;1H3,(H,3,4). The third kappa shape index (κ3) is 8.96. The Bertz CT molecular complexity index is 708. The van der Waals surface area contributed by atoms with Crippen LogP contribution in [0.3, 0.4) is 0 Å². The van der Waals surface area contributed by atoms with Crippen LogP contribution in [0.15, 0.2) is 42.5 Å². The number of rotatable bonds is 9. The second kappa shape index (κ2) is 13.4. The third-order valence-corrected chi connectivity index (χ3v) is 4.65. The van der Waals surface area contributed by atoms with E-state index in [1.807, 2.05) is 24.3 Å². The highest BCUT2D eigenvalue weighted by molar-refractivity contribution is 6.39. The van der Waals surface area contributed by atoms with Gasteiger partial charge in [-0.25, -0.2) is 0 Å². The summed E-state index contributed by atoms with van der Waals surface area (Å²) in [6.45, 7) is 8.92. The molecule has 28 heavy (non-hydrogen) atoms. The van der Waals surface area contributed by atoms with Crippen molar-refractivity contribution >= 4 is 40.5 Å². The fourth-order valence-corrected chi connectivity index (χ4v) is 3.35. The van der Waals surface area contributed by atoms with Gasteiger partial charge in [-0.2, -0.15) is 0 Å². The average molecular weight is 425 g/mol. The van der Waals surface area contributed by atoms with E-state index in [2.05, 4.69) is 42.3 Å². The quantitative estimate of drug-likeness (QED) is 0.482. The molecule has 0 unspecified atom stereocenters. The van der Waals surface area contributed by atoms with Crippen LogP contribution in [-0.4, -0.2) is 35.6 Å². The normalized spacial score (nSPS) is 10.4. The molecule has 0 aromatic heterocycles. The van der Waals surface area contributed by atoms with Crippen molar-refractivity contribution in [2.24, 2.45) is 0 Å². The first-order chi connectivity index (χ1) is 13.4. The molecule has 0 fully saturated rings. The lowest BCUT2D eigenvalue weighted by Crippen LogP contribution is -2.27. The molecule has 0 aliphatic carbocycles. The molecule has 0 amide bonds. The SMILES string of the molecule is CC(=O)O.CCCN(CCC)CCc1ccccc1Nc1c(Cl)cccc1Cl. The molecule has 154 valence electrons. The maximum Gasteiger partial charge on any atom is 0.300 e. The summed E-state index contributed by atoms with van der Waals surface area (Å²) in [5.74, 6) is -0.833. The van der Waals surface area contributed by atoms with Gasteiger partial charge in [0.05, 0.1) is 15.7 Å². The Balaban J connectivity index is 0.000000892. The number of aliphatic carboxylic acids is 1. The Morgan fingerprint density at radius 1 is 0.964 bits per heavy atom. The van der Waals surface area contributed by atoms with Crippen LogP contribution < -0.4 is 5.32 Å². The van der Waals surface area contributed by atoms with Crippen LogP contribution in [0, 0.1) is 0 Å². The number of benzene rings is 2. The molecule has 0 saturated heterocycles. The van der Waals surface area contributed by atoms with Crippen molar-refractivity contribution in [1.82, 2.24) is 4.90 Å². The summed E-state index contributed by atoms with van der Waals surface area (Å²) in [7, 11) is 0. The molecule has 0 heterocycles. The van der Waals surface area contributed by atoms with E-state index in [1.54, 1.807) is 0 Å². The molecule has 0 aliphatic heterocycles. The highest BCUT2D eigenvalue weighted by Gasteiger charge is 2.10. The molecule has 0 saturated carbocycles. The van der Waals surface area contributed by atoms with Crippen LogP contribution in [0.25, 0.3) is 0 Å². The Hall–Kier alpha value is -1.75. The molecule has 2 rings (SSSR count). The number of para-hydroxylation sites is 2. The first-order valence-electron chi connectivity index (χ1n) is 9.59. The average Bonchev–Trinajstić information content (AvgIpc) is 2.64. The zero-order chi connectivity index (χ0) is 20.9. The molecule has 0 atom stereocenters. The topological polar surface area (TPSA) is 52.6 Å². The van der Waals surface area contributed by atoms with Crippen molar-refractivity contribution < 1.29 is 9.90 Å². The van der Waals surface area contributed by atoms with Gasteiger partial charge in [-0.15, -0.1) is 0 Å². The molecule has 0 radical (unpaired) electrons. The Kier molecular flexibility index (Phi) is 11.7. The summed E-state index contributed by atoms with van der Waals surface area (Å²) >= 11 is 12.6. The van der Waals surface area contributed by atoms with Crippen molar-refractivity contribution in [3.05, 3.63) is 58.1 Å². The number of halogens is 2. The summed E-state index contributed by atoms with van der Waals surface area (Å²) in [5.41, 5.74) is 3.12. The van der Waals surface area contributed by atoms with E-state index in [4.69, 9.17) is 33.1 Å². The molecule has 0 aliphatic rings. The first-order valence-corrected chi connectivity index (χ1v) is 10.3. The van der Waals surface area contributed by atoms with E-state index in [9.17, 15) is 0 Å². The molecule has 2 N–H and O–H groups in total. The molecule has 2 aromatic rings. The van der Waals surface area contributed by atoms with Crippen LogP contribution in [-0.2, 0) is 11.2 Å². The highest BCUT2D eigenvalue weighted by atomic mass is 35.5. The molecular weight excluding hydrogens is 395 g/mol. The van der Waals surface area contributed by atoms with Crippen molar-refractivity contribution in [1.29, 1.82) is 0 Å². The minimum absolute atomic E-state index is 0.635. The van der Waals surface area contributed by atoms with Crippen LogP contribution >= 0.6 is 23.2 Å². The van der Waals surface area contributed by atoms with Crippen LogP contribution in [0.5, 0.6) is 0 Å². The zero-order valence-electron chi connectivity index (χ0n) is 16.8. The molecule has 2 aromatic carbocycles. The van der Waals surface area contributed by atoms with Gasteiger partial charge in [0.2, 0.25) is 0 Å². The predicted molar refractivity (Wildman–Crippen MR) is 120 cm³/mol. The summed E-state index contributed by atoms with van der Waals surface area (Å²) in [6, 6.07) is 13.9. The van der Waals surface area contributed by atoms with Crippen molar-refractivity contribution in [3.8, 4) is 0 Å². The summed E-state index contributed by atoms with van der Waals surface area (Å²) in [6.07, 6.45) is 3.38. The fraction of sp³-hybridized carbons (Fsp3) is 0.409. The largest absolute Gasteiger partial charge is 0.481 e. The van der Waals surface area contributed by atoms with Gasteiger partial charge in [0, 0.05) is 19.2 Å². The zero-order valence-corrected chi connectivity index (χ0v) is 18.4. The van der Waals surface area contributed by atoms with Gasteiger partial charge in [-0.3, -0.25) is 4.79 Å². The third-order valence-electron chi connectivity index (χ3n) is 4.02. The van der Waals surface area contributed by atoms with E-state index in [0.29, 0.717) is 10.0 Å². The Morgan fingerprint density at radius 2 is 1.50 bits per heavy atom. The maximum absolute atomic E-state index is 9.00. The lowest BCUT2D eigenvalue weighted by atomic mass is 10.1. The second-order valence-corrected chi connectivity index (χ2v) is 7.30. The van der Waals surface area contributed by atoms with Gasteiger partial charge in [-0.1, -0.05) is 61.3 Å². The summed E-state index contributed by atoms with van der Waals surface area (Å²) in [5, 5.41) is 12.1. The van der Waals surface area contributed by atoms with E-state index in [1.165, 1.54) is 18.4 Å². The van der Waals surface area contributed by atoms with Crippen LogP contribution in [0.4, 0.5) is 11.4 Å². The van der Waals surface area contributed by atoms with Crippen molar-refractivity contribution in [2.75, 3.05) is 25.0 Å². The Labute approximate surface area is 178 Å². The minimum atomic E-state index is -0.833. The van der Waals surface area contributed by atoms with E-state index in [-0.39, 0.29) is 0 Å². The van der Waals surface area contributed by atoms with Gasteiger partial charge >= 0.3 is 0 Å². The molecule has 4 nitrogen and oxygen atoms in total. The molecule has 6 heteroatoms. The number of nitrogens with zero attached hydrogens (tertiary/aromatic N) is 1. The van der Waals surface area contributed by atoms with Crippen molar-refractivity contribution in [2.45, 2.75) is 40.0 Å². The van der Waals surface area contributed by atoms with Crippen molar-refractivity contribution in [3.63, 3.8) is 0 Å². The molecular formula is C22H30Cl2N2O2. The highest BCUT2D eigenvalue weighted by Crippen LogP contribution is 2.33.